The minimum absolute atomic E-state index is 0.0284. The number of hydrogen-bond acceptors (Lipinski definition) is 6. The highest BCUT2D eigenvalue weighted by Crippen LogP contribution is 2.41. The van der Waals surface area contributed by atoms with Gasteiger partial charge in [-0.3, -0.25) is 14.4 Å². The lowest BCUT2D eigenvalue weighted by Gasteiger charge is -2.41. The number of nitrogens with zero attached hydrogens (tertiary/aromatic N) is 2. The molecule has 2 aromatic carbocycles. The minimum atomic E-state index is -0.991. The summed E-state index contributed by atoms with van der Waals surface area (Å²) in [6.07, 6.45) is 1.90. The standard InChI is InChI=1S/C34H46F2N6O4/c1-34(2,3)32(42(31(45)22-43)17-13-28(37)33(46)40-14-12-30(44)39-16-15-38-4)29-18-24(26-19-25(35)10-11-27(26)36)21-41(29)20-23-8-6-5-7-9-23/h5-11,18-19,21,28,32,38,43H,12-17,20,22,37H2,1-4H3,(H,39,44)(H,40,46)/t28-,32-/m0/s1. The normalized spacial score (nSPS) is 12.8. The van der Waals surface area contributed by atoms with E-state index in [1.165, 1.54) is 4.90 Å². The molecule has 6 N–H and O–H groups in total. The zero-order chi connectivity index (χ0) is 33.9. The van der Waals surface area contributed by atoms with Crippen molar-refractivity contribution in [3.05, 3.63) is 83.7 Å². The van der Waals surface area contributed by atoms with Crippen molar-refractivity contribution >= 4 is 17.7 Å². The quantitative estimate of drug-likeness (QED) is 0.153. The summed E-state index contributed by atoms with van der Waals surface area (Å²) >= 11 is 0. The van der Waals surface area contributed by atoms with Crippen molar-refractivity contribution in [2.45, 2.75) is 52.2 Å². The predicted molar refractivity (Wildman–Crippen MR) is 173 cm³/mol. The molecule has 0 aliphatic heterocycles. The molecule has 0 spiro atoms. The number of benzene rings is 2. The Balaban J connectivity index is 1.90. The SMILES string of the molecule is CNCCNC(=O)CCNC(=O)[C@@H](N)CCN(C(=O)CO)[C@@H](c1cc(-c2cc(F)ccc2F)cn1Cc1ccccc1)C(C)(C)C. The van der Waals surface area contributed by atoms with Crippen LogP contribution in [0.4, 0.5) is 8.78 Å². The van der Waals surface area contributed by atoms with Gasteiger partial charge in [-0.1, -0.05) is 51.1 Å². The number of amides is 3. The average Bonchev–Trinajstić information content (AvgIpc) is 3.41. The first-order valence-electron chi connectivity index (χ1n) is 15.4. The van der Waals surface area contributed by atoms with Gasteiger partial charge < -0.3 is 36.3 Å². The molecule has 12 heteroatoms. The lowest BCUT2D eigenvalue weighted by Crippen LogP contribution is -2.48. The molecule has 46 heavy (non-hydrogen) atoms. The van der Waals surface area contributed by atoms with Crippen LogP contribution >= 0.6 is 0 Å². The fourth-order valence-corrected chi connectivity index (χ4v) is 5.36. The van der Waals surface area contributed by atoms with E-state index in [0.29, 0.717) is 30.9 Å². The highest BCUT2D eigenvalue weighted by atomic mass is 19.1. The number of nitrogens with one attached hydrogen (secondary N) is 3. The molecule has 0 saturated carbocycles. The van der Waals surface area contributed by atoms with E-state index in [1.54, 1.807) is 19.3 Å². The summed E-state index contributed by atoms with van der Waals surface area (Å²) < 4.78 is 31.1. The Labute approximate surface area is 269 Å². The molecule has 1 aromatic heterocycles. The summed E-state index contributed by atoms with van der Waals surface area (Å²) in [5, 5.41) is 18.3. The van der Waals surface area contributed by atoms with E-state index in [0.717, 1.165) is 23.8 Å². The lowest BCUT2D eigenvalue weighted by molar-refractivity contribution is -0.140. The third-order valence-electron chi connectivity index (χ3n) is 7.60. The first-order chi connectivity index (χ1) is 21.8. The highest BCUT2D eigenvalue weighted by Gasteiger charge is 2.37. The molecule has 0 bridgehead atoms. The number of carbonyl (C=O) groups excluding carboxylic acids is 3. The number of halogens is 2. The smallest absolute Gasteiger partial charge is 0.248 e. The number of hydrogen-bond donors (Lipinski definition) is 5. The van der Waals surface area contributed by atoms with Crippen molar-refractivity contribution in [1.29, 1.82) is 0 Å². The Kier molecular flexibility index (Phi) is 13.4. The Bertz CT molecular complexity index is 1460. The summed E-state index contributed by atoms with van der Waals surface area (Å²) in [6.45, 7) is 6.65. The van der Waals surface area contributed by atoms with Gasteiger partial charge >= 0.3 is 0 Å². The van der Waals surface area contributed by atoms with Crippen LogP contribution in [-0.2, 0) is 20.9 Å². The number of rotatable bonds is 16. The van der Waals surface area contributed by atoms with Crippen molar-refractivity contribution in [3.8, 4) is 11.1 Å². The predicted octanol–water partition coefficient (Wildman–Crippen LogP) is 2.95. The molecule has 3 amide bonds. The number of aliphatic hydroxyl groups excluding tert-OH is 1. The van der Waals surface area contributed by atoms with E-state index in [1.807, 2.05) is 55.7 Å². The van der Waals surface area contributed by atoms with Crippen LogP contribution < -0.4 is 21.7 Å². The number of likely N-dealkylation sites (N-methyl/N-ethyl adjacent to an activating group) is 1. The van der Waals surface area contributed by atoms with Crippen molar-refractivity contribution in [1.82, 2.24) is 25.4 Å². The topological polar surface area (TPSA) is 142 Å². The first kappa shape index (κ1) is 36.3. The number of carbonyl (C=O) groups is 3. The van der Waals surface area contributed by atoms with Crippen LogP contribution in [0.25, 0.3) is 11.1 Å². The van der Waals surface area contributed by atoms with Crippen molar-refractivity contribution in [2.24, 2.45) is 11.1 Å². The molecule has 0 fully saturated rings. The van der Waals surface area contributed by atoms with Gasteiger partial charge in [0, 0.05) is 62.2 Å². The fourth-order valence-electron chi connectivity index (χ4n) is 5.36. The van der Waals surface area contributed by atoms with E-state index in [-0.39, 0.29) is 37.4 Å². The third-order valence-corrected chi connectivity index (χ3v) is 7.60. The average molecular weight is 641 g/mol. The van der Waals surface area contributed by atoms with Gasteiger partial charge in [0.1, 0.15) is 18.2 Å². The second-order valence-electron chi connectivity index (χ2n) is 12.3. The molecule has 2 atom stereocenters. The maximum atomic E-state index is 14.9. The Morgan fingerprint density at radius 1 is 1.00 bits per heavy atom. The van der Waals surface area contributed by atoms with Gasteiger partial charge in [0.25, 0.3) is 0 Å². The maximum Gasteiger partial charge on any atom is 0.248 e. The van der Waals surface area contributed by atoms with E-state index < -0.39 is 47.6 Å². The summed E-state index contributed by atoms with van der Waals surface area (Å²) in [5.41, 5.74) is 7.70. The van der Waals surface area contributed by atoms with Crippen LogP contribution in [0, 0.1) is 17.0 Å². The third kappa shape index (κ3) is 10.2. The van der Waals surface area contributed by atoms with Gasteiger partial charge in [-0.25, -0.2) is 8.78 Å². The number of aromatic nitrogens is 1. The van der Waals surface area contributed by atoms with E-state index in [2.05, 4.69) is 16.0 Å². The van der Waals surface area contributed by atoms with E-state index >= 15 is 0 Å². The Morgan fingerprint density at radius 2 is 1.72 bits per heavy atom. The summed E-state index contributed by atoms with van der Waals surface area (Å²) in [7, 11) is 1.78. The van der Waals surface area contributed by atoms with Gasteiger partial charge in [-0.15, -0.1) is 0 Å². The van der Waals surface area contributed by atoms with Crippen LogP contribution in [0.3, 0.4) is 0 Å². The van der Waals surface area contributed by atoms with Crippen molar-refractivity contribution in [2.75, 3.05) is 39.8 Å². The van der Waals surface area contributed by atoms with Gasteiger partial charge in [-0.2, -0.15) is 0 Å². The lowest BCUT2D eigenvalue weighted by atomic mass is 9.82. The second-order valence-corrected chi connectivity index (χ2v) is 12.3. The molecule has 10 nitrogen and oxygen atoms in total. The summed E-state index contributed by atoms with van der Waals surface area (Å²) in [4.78, 5) is 39.5. The number of aliphatic hydroxyl groups is 1. The molecule has 0 unspecified atom stereocenters. The van der Waals surface area contributed by atoms with Crippen molar-refractivity contribution in [3.63, 3.8) is 0 Å². The molecule has 250 valence electrons. The van der Waals surface area contributed by atoms with Crippen molar-refractivity contribution < 1.29 is 28.3 Å². The molecule has 0 aliphatic carbocycles. The Hall–Kier alpha value is -4.13. The van der Waals surface area contributed by atoms with E-state index in [9.17, 15) is 28.3 Å². The molecule has 0 radical (unpaired) electrons. The monoisotopic (exact) mass is 640 g/mol. The molecule has 0 aliphatic rings. The molecular weight excluding hydrogens is 594 g/mol. The molecule has 3 rings (SSSR count). The zero-order valence-electron chi connectivity index (χ0n) is 27.0. The van der Waals surface area contributed by atoms with Crippen LogP contribution in [0.15, 0.2) is 60.8 Å². The van der Waals surface area contributed by atoms with Gasteiger partial charge in [0.2, 0.25) is 17.7 Å². The maximum absolute atomic E-state index is 14.9. The first-order valence-corrected chi connectivity index (χ1v) is 15.4. The minimum Gasteiger partial charge on any atom is -0.387 e. The number of nitrogens with two attached hydrogens (primary N) is 1. The molecular formula is C34H46F2N6O4. The van der Waals surface area contributed by atoms with Gasteiger partial charge in [0.05, 0.1) is 12.1 Å². The highest BCUT2D eigenvalue weighted by molar-refractivity contribution is 5.83. The van der Waals surface area contributed by atoms with Crippen LogP contribution in [-0.4, -0.2) is 78.2 Å². The van der Waals surface area contributed by atoms with Crippen LogP contribution in [0.1, 0.15) is 50.9 Å². The molecule has 1 heterocycles. The van der Waals surface area contributed by atoms with Gasteiger partial charge in [0.15, 0.2) is 0 Å². The largest absolute Gasteiger partial charge is 0.387 e. The fraction of sp³-hybridized carbons (Fsp3) is 0.441. The van der Waals surface area contributed by atoms with E-state index in [4.69, 9.17) is 5.73 Å². The van der Waals surface area contributed by atoms with Gasteiger partial charge in [-0.05, 0) is 48.7 Å². The molecule has 0 saturated heterocycles. The molecule has 3 aromatic rings. The van der Waals surface area contributed by atoms with Crippen LogP contribution in [0.2, 0.25) is 0 Å². The second kappa shape index (κ2) is 17.0. The summed E-state index contributed by atoms with van der Waals surface area (Å²) in [6, 6.07) is 12.9. The zero-order valence-corrected chi connectivity index (χ0v) is 27.0. The van der Waals surface area contributed by atoms with Crippen LogP contribution in [0.5, 0.6) is 0 Å². The summed E-state index contributed by atoms with van der Waals surface area (Å²) in [5.74, 6) is -2.42. The Morgan fingerprint density at radius 3 is 2.37 bits per heavy atom.